The molecule has 0 saturated heterocycles. The molecule has 0 radical (unpaired) electrons. The third-order valence-corrected chi connectivity index (χ3v) is 4.25. The average Bonchev–Trinajstić information content (AvgIpc) is 3.01. The summed E-state index contributed by atoms with van der Waals surface area (Å²) in [5, 5.41) is 9.18. The van der Waals surface area contributed by atoms with Crippen molar-refractivity contribution in [2.45, 2.75) is 12.5 Å². The summed E-state index contributed by atoms with van der Waals surface area (Å²) in [5.74, 6) is 0. The highest BCUT2D eigenvalue weighted by Crippen LogP contribution is 2.28. The van der Waals surface area contributed by atoms with E-state index >= 15 is 0 Å². The summed E-state index contributed by atoms with van der Waals surface area (Å²) in [7, 11) is 3.93. The summed E-state index contributed by atoms with van der Waals surface area (Å²) in [6.45, 7) is 0. The molecule has 20 heavy (non-hydrogen) atoms. The fraction of sp³-hybridized carbons (Fsp3) is 0.267. The van der Waals surface area contributed by atoms with Crippen molar-refractivity contribution in [1.29, 1.82) is 0 Å². The molecule has 2 heterocycles. The van der Waals surface area contributed by atoms with Crippen LogP contribution in [0.4, 0.5) is 0 Å². The van der Waals surface area contributed by atoms with E-state index in [9.17, 15) is 0 Å². The third-order valence-electron chi connectivity index (χ3n) is 3.60. The Morgan fingerprint density at radius 3 is 2.85 bits per heavy atom. The number of fused-ring (bicyclic) bond motifs is 1. The standard InChI is InChI=1S/C15H16BrN3O/c1-17-12(11-7-8-20-15(11)16)9-13-10-5-3-4-6-14(10)19(2)18-13/h3-8,12,17H,9H2,1-2H3. The molecule has 2 aromatic heterocycles. The Labute approximate surface area is 125 Å². The van der Waals surface area contributed by atoms with Crippen molar-refractivity contribution >= 4 is 26.8 Å². The van der Waals surface area contributed by atoms with Crippen molar-refractivity contribution in [3.8, 4) is 0 Å². The van der Waals surface area contributed by atoms with Gasteiger partial charge in [0.05, 0.1) is 17.5 Å². The SMILES string of the molecule is CNC(Cc1nn(C)c2ccccc12)c1ccoc1Br. The predicted molar refractivity (Wildman–Crippen MR) is 82.6 cm³/mol. The van der Waals surface area contributed by atoms with Crippen LogP contribution in [0.2, 0.25) is 0 Å². The Kier molecular flexibility index (Phi) is 3.63. The van der Waals surface area contributed by atoms with Gasteiger partial charge in [-0.15, -0.1) is 0 Å². The van der Waals surface area contributed by atoms with Gasteiger partial charge in [-0.3, -0.25) is 4.68 Å². The van der Waals surface area contributed by atoms with E-state index in [-0.39, 0.29) is 6.04 Å². The number of rotatable bonds is 4. The van der Waals surface area contributed by atoms with Crippen molar-refractivity contribution in [2.24, 2.45) is 7.05 Å². The summed E-state index contributed by atoms with van der Waals surface area (Å²) in [6.07, 6.45) is 2.51. The number of hydrogen-bond acceptors (Lipinski definition) is 3. The van der Waals surface area contributed by atoms with Crippen LogP contribution >= 0.6 is 15.9 Å². The lowest BCUT2D eigenvalue weighted by Gasteiger charge is -2.13. The van der Waals surface area contributed by atoms with Crippen molar-refractivity contribution in [3.05, 3.63) is 52.5 Å². The quantitative estimate of drug-likeness (QED) is 0.795. The van der Waals surface area contributed by atoms with Crippen LogP contribution in [0.5, 0.6) is 0 Å². The molecule has 1 atom stereocenters. The van der Waals surface area contributed by atoms with E-state index in [1.807, 2.05) is 30.9 Å². The summed E-state index contributed by atoms with van der Waals surface area (Å²) >= 11 is 3.44. The summed E-state index contributed by atoms with van der Waals surface area (Å²) in [4.78, 5) is 0. The summed E-state index contributed by atoms with van der Waals surface area (Å²) < 4.78 is 8.04. The number of benzene rings is 1. The minimum atomic E-state index is 0.168. The highest BCUT2D eigenvalue weighted by Gasteiger charge is 2.18. The summed E-state index contributed by atoms with van der Waals surface area (Å²) in [5.41, 5.74) is 3.36. The molecule has 0 aliphatic carbocycles. The molecule has 5 heteroatoms. The molecule has 1 unspecified atom stereocenters. The van der Waals surface area contributed by atoms with Crippen molar-refractivity contribution in [3.63, 3.8) is 0 Å². The minimum Gasteiger partial charge on any atom is -0.457 e. The molecule has 0 aliphatic rings. The van der Waals surface area contributed by atoms with E-state index in [0.717, 1.165) is 27.9 Å². The first-order valence-corrected chi connectivity index (χ1v) is 7.30. The molecule has 1 N–H and O–H groups in total. The van der Waals surface area contributed by atoms with Gasteiger partial charge in [0.2, 0.25) is 0 Å². The van der Waals surface area contributed by atoms with Crippen molar-refractivity contribution in [1.82, 2.24) is 15.1 Å². The molecule has 3 aromatic rings. The van der Waals surface area contributed by atoms with Gasteiger partial charge in [0.1, 0.15) is 0 Å². The first kappa shape index (κ1) is 13.4. The van der Waals surface area contributed by atoms with E-state index in [0.29, 0.717) is 0 Å². The second kappa shape index (κ2) is 5.42. The van der Waals surface area contributed by atoms with Crippen molar-refractivity contribution < 1.29 is 4.42 Å². The molecule has 1 aromatic carbocycles. The molecule has 3 rings (SSSR count). The zero-order chi connectivity index (χ0) is 14.1. The van der Waals surface area contributed by atoms with Gasteiger partial charge in [0.25, 0.3) is 0 Å². The van der Waals surface area contributed by atoms with Crippen molar-refractivity contribution in [2.75, 3.05) is 7.05 Å². The van der Waals surface area contributed by atoms with Gasteiger partial charge in [-0.05, 0) is 35.1 Å². The van der Waals surface area contributed by atoms with Crippen LogP contribution < -0.4 is 5.32 Å². The third kappa shape index (κ3) is 2.27. The first-order chi connectivity index (χ1) is 9.70. The Balaban J connectivity index is 1.98. The van der Waals surface area contributed by atoms with Gasteiger partial charge < -0.3 is 9.73 Å². The lowest BCUT2D eigenvalue weighted by atomic mass is 10.0. The van der Waals surface area contributed by atoms with Crippen LogP contribution in [-0.4, -0.2) is 16.8 Å². The second-order valence-corrected chi connectivity index (χ2v) is 5.50. The van der Waals surface area contributed by atoms with E-state index in [4.69, 9.17) is 4.42 Å². The summed E-state index contributed by atoms with van der Waals surface area (Å²) in [6, 6.07) is 10.5. The Morgan fingerprint density at radius 2 is 2.15 bits per heavy atom. The maximum Gasteiger partial charge on any atom is 0.173 e. The van der Waals surface area contributed by atoms with Crippen LogP contribution in [0, 0.1) is 0 Å². The van der Waals surface area contributed by atoms with Gasteiger partial charge in [0, 0.05) is 30.5 Å². The Hall–Kier alpha value is -1.59. The number of furan rings is 1. The maximum atomic E-state index is 5.33. The zero-order valence-corrected chi connectivity index (χ0v) is 13.0. The molecule has 0 spiro atoms. The monoisotopic (exact) mass is 333 g/mol. The van der Waals surface area contributed by atoms with Crippen LogP contribution in [0.15, 0.2) is 45.7 Å². The van der Waals surface area contributed by atoms with Gasteiger partial charge >= 0.3 is 0 Å². The molecule has 0 bridgehead atoms. The highest BCUT2D eigenvalue weighted by atomic mass is 79.9. The van der Waals surface area contributed by atoms with E-state index < -0.39 is 0 Å². The first-order valence-electron chi connectivity index (χ1n) is 6.51. The molecule has 0 aliphatic heterocycles. The van der Waals surface area contributed by atoms with Crippen LogP contribution in [-0.2, 0) is 13.5 Å². The number of aryl methyl sites for hydroxylation is 1. The second-order valence-electron chi connectivity index (χ2n) is 4.78. The van der Waals surface area contributed by atoms with Gasteiger partial charge in [0.15, 0.2) is 4.67 Å². The molecule has 104 valence electrons. The zero-order valence-electron chi connectivity index (χ0n) is 11.4. The molecular weight excluding hydrogens is 318 g/mol. The Bertz CT molecular complexity index is 732. The number of nitrogens with zero attached hydrogens (tertiary/aromatic N) is 2. The molecule has 0 amide bonds. The van der Waals surface area contributed by atoms with Gasteiger partial charge in [-0.25, -0.2) is 0 Å². The smallest absolute Gasteiger partial charge is 0.173 e. The number of para-hydroxylation sites is 1. The normalized spacial score (nSPS) is 12.9. The fourth-order valence-corrected chi connectivity index (χ4v) is 3.07. The van der Waals surface area contributed by atoms with Gasteiger partial charge in [-0.2, -0.15) is 5.10 Å². The number of halogens is 1. The van der Waals surface area contributed by atoms with Crippen LogP contribution in [0.3, 0.4) is 0 Å². The molecule has 0 saturated carbocycles. The number of aromatic nitrogens is 2. The maximum absolute atomic E-state index is 5.33. The molecular formula is C15H16BrN3O. The lowest BCUT2D eigenvalue weighted by Crippen LogP contribution is -2.19. The largest absolute Gasteiger partial charge is 0.457 e. The minimum absolute atomic E-state index is 0.168. The van der Waals surface area contributed by atoms with Crippen LogP contribution in [0.25, 0.3) is 10.9 Å². The molecule has 0 fully saturated rings. The van der Waals surface area contributed by atoms with Crippen LogP contribution in [0.1, 0.15) is 17.3 Å². The topological polar surface area (TPSA) is 43.0 Å². The fourth-order valence-electron chi connectivity index (χ4n) is 2.55. The highest BCUT2D eigenvalue weighted by molar-refractivity contribution is 9.10. The van der Waals surface area contributed by atoms with E-state index in [2.05, 4.69) is 44.5 Å². The molecule has 4 nitrogen and oxygen atoms in total. The van der Waals surface area contributed by atoms with Gasteiger partial charge in [-0.1, -0.05) is 18.2 Å². The predicted octanol–water partition coefficient (Wildman–Crippen LogP) is 3.43. The Morgan fingerprint density at radius 1 is 1.35 bits per heavy atom. The van der Waals surface area contributed by atoms with E-state index in [1.165, 1.54) is 5.39 Å². The van der Waals surface area contributed by atoms with E-state index in [1.54, 1.807) is 6.26 Å². The number of likely N-dealkylation sites (N-methyl/N-ethyl adjacent to an activating group) is 1. The number of hydrogen-bond donors (Lipinski definition) is 1. The average molecular weight is 334 g/mol. The lowest BCUT2D eigenvalue weighted by molar-refractivity contribution is 0.516. The number of nitrogens with one attached hydrogen (secondary N) is 1.